The van der Waals surface area contributed by atoms with E-state index < -0.39 is 5.97 Å². The van der Waals surface area contributed by atoms with Gasteiger partial charge in [0.15, 0.2) is 18.1 Å². The highest BCUT2D eigenvalue weighted by Gasteiger charge is 2.18. The van der Waals surface area contributed by atoms with E-state index in [1.807, 2.05) is 0 Å². The Morgan fingerprint density at radius 3 is 2.21 bits per heavy atom. The zero-order valence-electron chi connectivity index (χ0n) is 19.4. The van der Waals surface area contributed by atoms with Gasteiger partial charge in [0.05, 0.1) is 33.5 Å². The minimum absolute atomic E-state index is 0.153. The van der Waals surface area contributed by atoms with Gasteiger partial charge in [-0.05, 0) is 48.7 Å². The predicted molar refractivity (Wildman–Crippen MR) is 120 cm³/mol. The number of hydrogen-bond acceptors (Lipinski definition) is 9. The summed E-state index contributed by atoms with van der Waals surface area (Å²) in [6.07, 6.45) is 0.964. The van der Waals surface area contributed by atoms with Crippen LogP contribution in [0.25, 0.3) is 11.5 Å². The second kappa shape index (κ2) is 11.2. The maximum absolute atomic E-state index is 12.3. The molecule has 0 spiro atoms. The molecule has 1 heterocycles. The number of methoxy groups -OCH3 is 3. The molecule has 3 rings (SSSR count). The number of carbonyl (C=O) groups is 1. The minimum Gasteiger partial charge on any atom is -0.494 e. The molecule has 0 radical (unpaired) electrons. The van der Waals surface area contributed by atoms with Gasteiger partial charge in [0.1, 0.15) is 5.75 Å². The first-order valence-corrected chi connectivity index (χ1v) is 10.5. The van der Waals surface area contributed by atoms with Crippen molar-refractivity contribution in [2.24, 2.45) is 5.92 Å². The number of benzene rings is 2. The second-order valence-electron chi connectivity index (χ2n) is 7.55. The SMILES string of the molecule is COc1cc(-c2nnc(COC(=O)c3ccc(OCCC(C)C)cc3)o2)cc(OC)c1OC. The number of hydrogen-bond donors (Lipinski definition) is 0. The first kappa shape index (κ1) is 23.9. The zero-order valence-corrected chi connectivity index (χ0v) is 19.4. The lowest BCUT2D eigenvalue weighted by atomic mass is 10.1. The predicted octanol–water partition coefficient (Wildman–Crippen LogP) is 4.54. The van der Waals surface area contributed by atoms with Crippen LogP contribution in [0.2, 0.25) is 0 Å². The Morgan fingerprint density at radius 2 is 1.64 bits per heavy atom. The van der Waals surface area contributed by atoms with Gasteiger partial charge in [-0.3, -0.25) is 0 Å². The molecular formula is C24H28N2O7. The number of esters is 1. The van der Waals surface area contributed by atoms with Crippen LogP contribution in [-0.2, 0) is 11.3 Å². The van der Waals surface area contributed by atoms with Crippen molar-refractivity contribution in [3.8, 4) is 34.5 Å². The van der Waals surface area contributed by atoms with Gasteiger partial charge in [-0.2, -0.15) is 0 Å². The third-order valence-electron chi connectivity index (χ3n) is 4.76. The van der Waals surface area contributed by atoms with Gasteiger partial charge in [-0.15, -0.1) is 10.2 Å². The molecule has 0 aliphatic carbocycles. The Hall–Kier alpha value is -3.75. The summed E-state index contributed by atoms with van der Waals surface area (Å²) in [6, 6.07) is 10.2. The molecule has 9 nitrogen and oxygen atoms in total. The van der Waals surface area contributed by atoms with Crippen molar-refractivity contribution in [3.63, 3.8) is 0 Å². The lowest BCUT2D eigenvalue weighted by molar-refractivity contribution is 0.0438. The molecule has 0 bridgehead atoms. The molecule has 0 aliphatic heterocycles. The monoisotopic (exact) mass is 456 g/mol. The standard InChI is InChI=1S/C24H28N2O7/c1-15(2)10-11-31-18-8-6-16(7-9-18)24(27)32-14-21-25-26-23(33-21)17-12-19(28-3)22(30-5)20(13-17)29-4/h6-9,12-13,15H,10-11,14H2,1-5H3. The van der Waals surface area contributed by atoms with E-state index >= 15 is 0 Å². The van der Waals surface area contributed by atoms with Crippen LogP contribution in [0.5, 0.6) is 23.0 Å². The molecule has 9 heteroatoms. The Bertz CT molecular complexity index is 1040. The van der Waals surface area contributed by atoms with Crippen LogP contribution in [0, 0.1) is 5.92 Å². The van der Waals surface area contributed by atoms with Crippen LogP contribution in [0.15, 0.2) is 40.8 Å². The molecule has 1 aromatic heterocycles. The molecule has 0 atom stereocenters. The van der Waals surface area contributed by atoms with Gasteiger partial charge in [-0.25, -0.2) is 4.79 Å². The summed E-state index contributed by atoms with van der Waals surface area (Å²) in [5, 5.41) is 7.97. The third-order valence-corrected chi connectivity index (χ3v) is 4.76. The fourth-order valence-corrected chi connectivity index (χ4v) is 2.94. The van der Waals surface area contributed by atoms with Gasteiger partial charge in [-0.1, -0.05) is 13.8 Å². The highest BCUT2D eigenvalue weighted by Crippen LogP contribution is 2.40. The number of aromatic nitrogens is 2. The smallest absolute Gasteiger partial charge is 0.338 e. The van der Waals surface area contributed by atoms with Gasteiger partial charge < -0.3 is 28.1 Å². The number of nitrogens with zero attached hydrogens (tertiary/aromatic N) is 2. The van der Waals surface area contributed by atoms with Crippen molar-refractivity contribution < 1.29 is 32.9 Å². The Labute approximate surface area is 192 Å². The van der Waals surface area contributed by atoms with Crippen LogP contribution < -0.4 is 18.9 Å². The molecule has 2 aromatic carbocycles. The number of carbonyl (C=O) groups excluding carboxylic acids is 1. The fourth-order valence-electron chi connectivity index (χ4n) is 2.94. The normalized spacial score (nSPS) is 10.7. The number of ether oxygens (including phenoxy) is 5. The van der Waals surface area contributed by atoms with Crippen molar-refractivity contribution in [1.29, 1.82) is 0 Å². The van der Waals surface area contributed by atoms with Crippen LogP contribution in [0.3, 0.4) is 0 Å². The highest BCUT2D eigenvalue weighted by molar-refractivity contribution is 5.89. The van der Waals surface area contributed by atoms with Gasteiger partial charge >= 0.3 is 5.97 Å². The first-order valence-electron chi connectivity index (χ1n) is 10.5. The van der Waals surface area contributed by atoms with E-state index in [1.54, 1.807) is 36.4 Å². The topological polar surface area (TPSA) is 102 Å². The van der Waals surface area contributed by atoms with Crippen LogP contribution in [0.1, 0.15) is 36.5 Å². The van der Waals surface area contributed by atoms with Crippen molar-refractivity contribution in [3.05, 3.63) is 47.9 Å². The van der Waals surface area contributed by atoms with E-state index in [-0.39, 0.29) is 18.4 Å². The quantitative estimate of drug-likeness (QED) is 0.385. The summed E-state index contributed by atoms with van der Waals surface area (Å²) in [6.45, 7) is 4.74. The Balaban J connectivity index is 1.61. The van der Waals surface area contributed by atoms with E-state index in [9.17, 15) is 4.79 Å². The molecule has 0 N–H and O–H groups in total. The fraction of sp³-hybridized carbons (Fsp3) is 0.375. The van der Waals surface area contributed by atoms with Crippen molar-refractivity contribution >= 4 is 5.97 Å². The van der Waals surface area contributed by atoms with Crippen molar-refractivity contribution in [1.82, 2.24) is 10.2 Å². The summed E-state index contributed by atoms with van der Waals surface area (Å²) < 4.78 is 32.6. The summed E-state index contributed by atoms with van der Waals surface area (Å²) in [5.41, 5.74) is 0.971. The van der Waals surface area contributed by atoms with E-state index in [4.69, 9.17) is 28.1 Å². The molecule has 0 amide bonds. The third kappa shape index (κ3) is 6.15. The summed E-state index contributed by atoms with van der Waals surface area (Å²) in [7, 11) is 4.56. The molecule has 0 unspecified atom stereocenters. The van der Waals surface area contributed by atoms with Crippen molar-refractivity contribution in [2.75, 3.05) is 27.9 Å². The maximum atomic E-state index is 12.3. The molecule has 0 aliphatic rings. The lowest BCUT2D eigenvalue weighted by Crippen LogP contribution is -2.06. The maximum Gasteiger partial charge on any atom is 0.338 e. The van der Waals surface area contributed by atoms with Crippen LogP contribution in [0.4, 0.5) is 0 Å². The second-order valence-corrected chi connectivity index (χ2v) is 7.55. The summed E-state index contributed by atoms with van der Waals surface area (Å²) in [5.74, 6) is 2.51. The van der Waals surface area contributed by atoms with E-state index in [2.05, 4.69) is 24.0 Å². The largest absolute Gasteiger partial charge is 0.494 e. The lowest BCUT2D eigenvalue weighted by Gasteiger charge is -2.12. The zero-order chi connectivity index (χ0) is 23.8. The summed E-state index contributed by atoms with van der Waals surface area (Å²) in [4.78, 5) is 12.3. The molecule has 0 saturated heterocycles. The van der Waals surface area contributed by atoms with Crippen molar-refractivity contribution in [2.45, 2.75) is 26.9 Å². The molecule has 33 heavy (non-hydrogen) atoms. The molecule has 0 fully saturated rings. The van der Waals surface area contributed by atoms with Crippen LogP contribution in [-0.4, -0.2) is 44.1 Å². The Morgan fingerprint density at radius 1 is 0.970 bits per heavy atom. The highest BCUT2D eigenvalue weighted by atomic mass is 16.5. The van der Waals surface area contributed by atoms with Crippen LogP contribution >= 0.6 is 0 Å². The van der Waals surface area contributed by atoms with E-state index in [1.165, 1.54) is 21.3 Å². The molecule has 0 saturated carbocycles. The van der Waals surface area contributed by atoms with E-state index in [0.717, 1.165) is 6.42 Å². The average Bonchev–Trinajstić information content (AvgIpc) is 3.30. The average molecular weight is 456 g/mol. The van der Waals surface area contributed by atoms with Gasteiger partial charge in [0.2, 0.25) is 11.6 Å². The first-order chi connectivity index (χ1) is 15.9. The Kier molecular flexibility index (Phi) is 8.12. The van der Waals surface area contributed by atoms with E-state index in [0.29, 0.717) is 46.6 Å². The molecule has 3 aromatic rings. The number of rotatable bonds is 11. The minimum atomic E-state index is -0.503. The summed E-state index contributed by atoms with van der Waals surface area (Å²) >= 11 is 0. The molecule has 176 valence electrons. The van der Waals surface area contributed by atoms with Gasteiger partial charge in [0, 0.05) is 5.56 Å². The van der Waals surface area contributed by atoms with Gasteiger partial charge in [0.25, 0.3) is 5.89 Å². The molecular weight excluding hydrogens is 428 g/mol.